The van der Waals surface area contributed by atoms with Crippen LogP contribution in [0.3, 0.4) is 0 Å². The smallest absolute Gasteiger partial charge is 0.282 e. The topological polar surface area (TPSA) is 56.1 Å². The van der Waals surface area contributed by atoms with Crippen LogP contribution in [0.4, 0.5) is 5.69 Å². The number of halogens is 1. The van der Waals surface area contributed by atoms with Gasteiger partial charge in [-0.05, 0) is 28.8 Å². The number of rotatable bonds is 4. The molecule has 0 bridgehead atoms. The molecule has 0 aliphatic carbocycles. The van der Waals surface area contributed by atoms with E-state index in [0.717, 1.165) is 31.7 Å². The van der Waals surface area contributed by atoms with E-state index < -0.39 is 0 Å². The van der Waals surface area contributed by atoms with Gasteiger partial charge in [-0.25, -0.2) is 4.68 Å². The molecule has 0 amide bonds. The molecular weight excluding hydrogens is 298 g/mol. The summed E-state index contributed by atoms with van der Waals surface area (Å²) in [6.07, 6.45) is 4.10. The molecule has 100 valence electrons. The van der Waals surface area contributed by atoms with E-state index in [1.54, 1.807) is 13.2 Å². The van der Waals surface area contributed by atoms with Gasteiger partial charge < -0.3 is 10.1 Å². The molecule has 6 heteroatoms. The molecule has 0 radical (unpaired) electrons. The third kappa shape index (κ3) is 2.75. The van der Waals surface area contributed by atoms with Crippen molar-refractivity contribution in [3.63, 3.8) is 0 Å². The zero-order valence-electron chi connectivity index (χ0n) is 10.6. The van der Waals surface area contributed by atoms with Gasteiger partial charge in [-0.2, -0.15) is 5.10 Å². The first-order chi connectivity index (χ1) is 8.63. The van der Waals surface area contributed by atoms with Gasteiger partial charge in [-0.3, -0.25) is 4.79 Å². The predicted octanol–water partition coefficient (Wildman–Crippen LogP) is 1.77. The first-order valence-corrected chi connectivity index (χ1v) is 7.00. The van der Waals surface area contributed by atoms with E-state index in [4.69, 9.17) is 4.74 Å². The Balaban J connectivity index is 2.02. The highest BCUT2D eigenvalue weighted by Gasteiger charge is 2.26. The molecule has 1 N–H and O–H groups in total. The van der Waals surface area contributed by atoms with Crippen molar-refractivity contribution in [1.29, 1.82) is 0 Å². The molecule has 2 rings (SSSR count). The third-order valence-corrected chi connectivity index (χ3v) is 4.15. The van der Waals surface area contributed by atoms with E-state index in [0.29, 0.717) is 16.5 Å². The normalized spacial score (nSPS) is 23.3. The van der Waals surface area contributed by atoms with Gasteiger partial charge in [0.25, 0.3) is 5.56 Å². The average Bonchev–Trinajstić information content (AvgIpc) is 2.82. The highest BCUT2D eigenvalue weighted by Crippen LogP contribution is 2.24. The molecule has 2 unspecified atom stereocenters. The summed E-state index contributed by atoms with van der Waals surface area (Å²) < 4.78 is 7.49. The number of nitrogens with zero attached hydrogens (tertiary/aromatic N) is 2. The molecule has 1 aliphatic heterocycles. The molecule has 0 spiro atoms. The fraction of sp³-hybridized carbons (Fsp3) is 0.667. The Labute approximate surface area is 115 Å². The third-order valence-electron chi connectivity index (χ3n) is 3.38. The highest BCUT2D eigenvalue weighted by atomic mass is 79.9. The first kappa shape index (κ1) is 13.5. The number of nitrogens with one attached hydrogen (secondary N) is 1. The second kappa shape index (κ2) is 5.84. The Hall–Kier alpha value is -0.880. The molecule has 2 heterocycles. The van der Waals surface area contributed by atoms with Gasteiger partial charge >= 0.3 is 0 Å². The zero-order chi connectivity index (χ0) is 13.1. The lowest BCUT2D eigenvalue weighted by Gasteiger charge is -2.18. The van der Waals surface area contributed by atoms with Crippen molar-refractivity contribution in [2.75, 3.05) is 18.5 Å². The van der Waals surface area contributed by atoms with Crippen molar-refractivity contribution in [3.8, 4) is 0 Å². The number of hydrogen-bond acceptors (Lipinski definition) is 4. The molecule has 0 saturated carbocycles. The van der Waals surface area contributed by atoms with Gasteiger partial charge in [0.05, 0.1) is 18.0 Å². The first-order valence-electron chi connectivity index (χ1n) is 6.20. The van der Waals surface area contributed by atoms with Crippen molar-refractivity contribution < 1.29 is 4.74 Å². The Bertz CT molecular complexity index is 475. The lowest BCUT2D eigenvalue weighted by molar-refractivity contribution is 0.0900. The molecule has 1 saturated heterocycles. The molecule has 1 fully saturated rings. The number of aromatic nitrogens is 2. The van der Waals surface area contributed by atoms with Crippen LogP contribution in [0, 0.1) is 5.92 Å². The largest absolute Gasteiger partial charge is 0.382 e. The van der Waals surface area contributed by atoms with Crippen LogP contribution in [0.2, 0.25) is 0 Å². The van der Waals surface area contributed by atoms with Crippen molar-refractivity contribution >= 4 is 21.6 Å². The van der Waals surface area contributed by atoms with Crippen LogP contribution in [0.25, 0.3) is 0 Å². The Morgan fingerprint density at radius 2 is 2.44 bits per heavy atom. The minimum Gasteiger partial charge on any atom is -0.382 e. The monoisotopic (exact) mass is 315 g/mol. The predicted molar refractivity (Wildman–Crippen MR) is 73.8 cm³/mol. The SMILES string of the molecule is CCC1OCCC1CNc1cnn(C)c(=O)c1Br. The molecule has 1 aromatic heterocycles. The summed E-state index contributed by atoms with van der Waals surface area (Å²) in [5, 5.41) is 7.29. The molecular formula is C12H18BrN3O2. The van der Waals surface area contributed by atoms with E-state index in [1.807, 2.05) is 0 Å². The number of aryl methyl sites for hydroxylation is 1. The van der Waals surface area contributed by atoms with Gasteiger partial charge in [0.15, 0.2) is 0 Å². The molecule has 1 aliphatic rings. The molecule has 0 aromatic carbocycles. The van der Waals surface area contributed by atoms with Crippen molar-refractivity contribution in [2.24, 2.45) is 13.0 Å². The molecule has 5 nitrogen and oxygen atoms in total. The van der Waals surface area contributed by atoms with Crippen LogP contribution in [-0.2, 0) is 11.8 Å². The minimum absolute atomic E-state index is 0.130. The van der Waals surface area contributed by atoms with Crippen LogP contribution in [0.15, 0.2) is 15.5 Å². The van der Waals surface area contributed by atoms with Gasteiger partial charge in [0, 0.05) is 26.1 Å². The van der Waals surface area contributed by atoms with Crippen LogP contribution in [0.5, 0.6) is 0 Å². The van der Waals surface area contributed by atoms with E-state index in [9.17, 15) is 4.79 Å². The second-order valence-corrected chi connectivity index (χ2v) is 5.34. The zero-order valence-corrected chi connectivity index (χ0v) is 12.2. The Morgan fingerprint density at radius 3 is 3.17 bits per heavy atom. The van der Waals surface area contributed by atoms with Gasteiger partial charge in [0.1, 0.15) is 4.47 Å². The maximum absolute atomic E-state index is 11.7. The Morgan fingerprint density at radius 1 is 1.67 bits per heavy atom. The molecule has 18 heavy (non-hydrogen) atoms. The summed E-state index contributed by atoms with van der Waals surface area (Å²) in [6, 6.07) is 0. The van der Waals surface area contributed by atoms with E-state index in [1.165, 1.54) is 4.68 Å². The molecule has 1 aromatic rings. The standard InChI is InChI=1S/C12H18BrN3O2/c1-3-10-8(4-5-18-10)6-14-9-7-15-16(2)12(17)11(9)13/h7-8,10,14H,3-6H2,1-2H3. The highest BCUT2D eigenvalue weighted by molar-refractivity contribution is 9.10. The summed E-state index contributed by atoms with van der Waals surface area (Å²) in [5.41, 5.74) is 0.620. The lowest BCUT2D eigenvalue weighted by atomic mass is 10.00. The number of anilines is 1. The van der Waals surface area contributed by atoms with Crippen molar-refractivity contribution in [3.05, 3.63) is 21.0 Å². The second-order valence-electron chi connectivity index (χ2n) is 4.55. The average molecular weight is 316 g/mol. The minimum atomic E-state index is -0.130. The van der Waals surface area contributed by atoms with E-state index in [2.05, 4.69) is 33.3 Å². The van der Waals surface area contributed by atoms with Crippen LogP contribution in [0.1, 0.15) is 19.8 Å². The van der Waals surface area contributed by atoms with E-state index >= 15 is 0 Å². The summed E-state index contributed by atoms with van der Waals surface area (Å²) in [4.78, 5) is 11.7. The van der Waals surface area contributed by atoms with Gasteiger partial charge in [-0.1, -0.05) is 6.92 Å². The molecule has 2 atom stereocenters. The maximum Gasteiger partial charge on any atom is 0.282 e. The van der Waals surface area contributed by atoms with Gasteiger partial charge in [0.2, 0.25) is 0 Å². The van der Waals surface area contributed by atoms with Crippen LogP contribution < -0.4 is 10.9 Å². The lowest BCUT2D eigenvalue weighted by Crippen LogP contribution is -2.25. The van der Waals surface area contributed by atoms with E-state index in [-0.39, 0.29) is 5.56 Å². The quantitative estimate of drug-likeness (QED) is 0.920. The summed E-state index contributed by atoms with van der Waals surface area (Å²) in [7, 11) is 1.63. The summed E-state index contributed by atoms with van der Waals surface area (Å²) in [6.45, 7) is 3.78. The van der Waals surface area contributed by atoms with Crippen LogP contribution in [-0.4, -0.2) is 29.0 Å². The van der Waals surface area contributed by atoms with Crippen LogP contribution >= 0.6 is 15.9 Å². The fourth-order valence-corrected chi connectivity index (χ4v) is 2.75. The number of hydrogen-bond donors (Lipinski definition) is 1. The maximum atomic E-state index is 11.7. The van der Waals surface area contributed by atoms with Crippen molar-refractivity contribution in [1.82, 2.24) is 9.78 Å². The van der Waals surface area contributed by atoms with Crippen molar-refractivity contribution in [2.45, 2.75) is 25.9 Å². The van der Waals surface area contributed by atoms with Gasteiger partial charge in [-0.15, -0.1) is 0 Å². The number of ether oxygens (including phenoxy) is 1. The Kier molecular flexibility index (Phi) is 4.40. The summed E-state index contributed by atoms with van der Waals surface area (Å²) >= 11 is 3.31. The summed E-state index contributed by atoms with van der Waals surface area (Å²) in [5.74, 6) is 0.506. The fourth-order valence-electron chi connectivity index (χ4n) is 2.25.